The quantitative estimate of drug-likeness (QED) is 0.209. The Bertz CT molecular complexity index is 2350. The average molecular weight is 508 g/mol. The lowest BCUT2D eigenvalue weighted by molar-refractivity contribution is 0.669. The molecule has 0 N–H and O–H groups in total. The second kappa shape index (κ2) is 7.25. The van der Waals surface area contributed by atoms with Crippen LogP contribution in [0.2, 0.25) is 0 Å². The molecule has 0 unspecified atom stereocenters. The van der Waals surface area contributed by atoms with Crippen LogP contribution in [0.4, 0.5) is 17.1 Å². The molecule has 0 bridgehead atoms. The van der Waals surface area contributed by atoms with Crippen molar-refractivity contribution in [3.8, 4) is 11.1 Å². The van der Waals surface area contributed by atoms with Gasteiger partial charge in [-0.15, -0.1) is 0 Å². The Morgan fingerprint density at radius 1 is 0.525 bits per heavy atom. The van der Waals surface area contributed by atoms with Gasteiger partial charge in [0.2, 0.25) is 0 Å². The minimum atomic E-state index is 0.0628. The molecule has 0 fully saturated rings. The summed E-state index contributed by atoms with van der Waals surface area (Å²) in [7, 11) is 0. The van der Waals surface area contributed by atoms with Crippen LogP contribution in [0.25, 0.3) is 54.9 Å². The summed E-state index contributed by atoms with van der Waals surface area (Å²) < 4.78 is 8.95. The molecule has 4 heterocycles. The normalized spacial score (nSPS) is 13.4. The summed E-state index contributed by atoms with van der Waals surface area (Å²) in [5.74, 6) is 0. The fourth-order valence-corrected chi connectivity index (χ4v) is 7.49. The molecule has 2 aliphatic rings. The molecule has 8 aromatic rings. The van der Waals surface area contributed by atoms with E-state index in [0.29, 0.717) is 0 Å². The maximum absolute atomic E-state index is 6.35. The van der Waals surface area contributed by atoms with Crippen LogP contribution in [0, 0.1) is 0 Å². The van der Waals surface area contributed by atoms with Gasteiger partial charge in [-0.25, -0.2) is 0 Å². The topological polar surface area (TPSA) is 21.3 Å². The maximum Gasteiger partial charge on any atom is 0.333 e. The zero-order valence-electron chi connectivity index (χ0n) is 21.5. The molecule has 40 heavy (non-hydrogen) atoms. The molecule has 2 aromatic heterocycles. The summed E-state index contributed by atoms with van der Waals surface area (Å²) in [5, 5.41) is 4.93. The molecule has 0 amide bonds. The summed E-state index contributed by atoms with van der Waals surface area (Å²) in [5.41, 5.74) is 13.3. The Kier molecular flexibility index (Phi) is 3.75. The predicted octanol–water partition coefficient (Wildman–Crippen LogP) is 8.11. The van der Waals surface area contributed by atoms with Crippen LogP contribution < -0.4 is 15.8 Å². The lowest BCUT2D eigenvalue weighted by Crippen LogP contribution is -2.56. The lowest BCUT2D eigenvalue weighted by atomic mass is 9.45. The largest absolute Gasteiger partial charge is 0.456 e. The van der Waals surface area contributed by atoms with Gasteiger partial charge in [-0.3, -0.25) is 0 Å². The molecule has 0 atom stereocenters. The van der Waals surface area contributed by atoms with E-state index in [9.17, 15) is 0 Å². The van der Waals surface area contributed by atoms with Crippen molar-refractivity contribution in [2.24, 2.45) is 0 Å². The predicted molar refractivity (Wildman–Crippen MR) is 167 cm³/mol. The molecule has 0 spiro atoms. The van der Waals surface area contributed by atoms with Gasteiger partial charge in [-0.2, -0.15) is 0 Å². The molecule has 0 saturated heterocycles. The van der Waals surface area contributed by atoms with E-state index in [1.54, 1.807) is 0 Å². The molecule has 10 rings (SSSR count). The Balaban J connectivity index is 1.41. The standard InChI is InChI=1S/C36H21BN2O/c1-2-10-22(11-3-1)38-28-17-6-5-16-27(28)37-35-23(13-9-18-30(35)38)24-14-8-15-26-33-29(39(37)36(24)26)20-21-32-34(33)25-12-4-7-19-31(25)40-32/h1-21H. The number of rotatable bonds is 1. The molecule has 0 radical (unpaired) electrons. The highest BCUT2D eigenvalue weighted by Crippen LogP contribution is 2.47. The number of hydrogen-bond acceptors (Lipinski definition) is 2. The van der Waals surface area contributed by atoms with Crippen LogP contribution >= 0.6 is 0 Å². The smallest absolute Gasteiger partial charge is 0.333 e. The number of furan rings is 1. The van der Waals surface area contributed by atoms with Crippen molar-refractivity contribution in [3.05, 3.63) is 127 Å². The van der Waals surface area contributed by atoms with E-state index in [1.165, 1.54) is 71.7 Å². The molecule has 4 heteroatoms. The van der Waals surface area contributed by atoms with Crippen LogP contribution in [0.15, 0.2) is 132 Å². The molecular weight excluding hydrogens is 487 g/mol. The van der Waals surface area contributed by atoms with Crippen molar-refractivity contribution >= 4 is 78.6 Å². The molecule has 3 nitrogen and oxygen atoms in total. The first kappa shape index (κ1) is 20.7. The van der Waals surface area contributed by atoms with E-state index in [-0.39, 0.29) is 6.85 Å². The van der Waals surface area contributed by atoms with Crippen molar-refractivity contribution in [2.75, 3.05) is 4.90 Å². The van der Waals surface area contributed by atoms with Crippen molar-refractivity contribution in [3.63, 3.8) is 0 Å². The molecule has 0 saturated carbocycles. The van der Waals surface area contributed by atoms with Crippen LogP contribution in [0.1, 0.15) is 0 Å². The van der Waals surface area contributed by atoms with Crippen LogP contribution in [-0.2, 0) is 0 Å². The summed E-state index contributed by atoms with van der Waals surface area (Å²) >= 11 is 0. The Hall–Kier alpha value is -5.22. The highest BCUT2D eigenvalue weighted by molar-refractivity contribution is 6.90. The number of fused-ring (bicyclic) bond motifs is 11. The van der Waals surface area contributed by atoms with Gasteiger partial charge >= 0.3 is 6.85 Å². The van der Waals surface area contributed by atoms with E-state index < -0.39 is 0 Å². The van der Waals surface area contributed by atoms with Crippen LogP contribution in [0.5, 0.6) is 0 Å². The third-order valence-corrected chi connectivity index (χ3v) is 8.96. The summed E-state index contributed by atoms with van der Waals surface area (Å²) in [6.07, 6.45) is 0. The third-order valence-electron chi connectivity index (χ3n) is 8.96. The maximum atomic E-state index is 6.35. The molecule has 6 aromatic carbocycles. The fraction of sp³-hybridized carbons (Fsp3) is 0. The van der Waals surface area contributed by atoms with Gasteiger partial charge in [0.1, 0.15) is 11.2 Å². The zero-order chi connectivity index (χ0) is 25.9. The van der Waals surface area contributed by atoms with Crippen molar-refractivity contribution in [1.29, 1.82) is 0 Å². The second-order valence-corrected chi connectivity index (χ2v) is 10.9. The number of nitrogens with zero attached hydrogens (tertiary/aromatic N) is 2. The Morgan fingerprint density at radius 3 is 2.23 bits per heavy atom. The summed E-state index contributed by atoms with van der Waals surface area (Å²) in [6, 6.07) is 46.1. The molecule has 2 aliphatic heterocycles. The first-order valence-electron chi connectivity index (χ1n) is 13.8. The monoisotopic (exact) mass is 508 g/mol. The Labute approximate surface area is 230 Å². The molecule has 184 valence electrons. The first-order valence-corrected chi connectivity index (χ1v) is 13.8. The minimum absolute atomic E-state index is 0.0628. The molecular formula is C36H21BN2O. The van der Waals surface area contributed by atoms with Gasteiger partial charge in [-0.1, -0.05) is 84.9 Å². The van der Waals surface area contributed by atoms with E-state index in [1.807, 2.05) is 6.07 Å². The van der Waals surface area contributed by atoms with Gasteiger partial charge < -0.3 is 13.8 Å². The third kappa shape index (κ3) is 2.39. The minimum Gasteiger partial charge on any atom is -0.456 e. The number of aromatic nitrogens is 1. The fourth-order valence-electron chi connectivity index (χ4n) is 7.49. The number of anilines is 3. The summed E-state index contributed by atoms with van der Waals surface area (Å²) in [4.78, 5) is 2.43. The molecule has 0 aliphatic carbocycles. The highest BCUT2D eigenvalue weighted by Gasteiger charge is 2.42. The number of para-hydroxylation sites is 4. The van der Waals surface area contributed by atoms with Gasteiger partial charge in [-0.05, 0) is 59.0 Å². The number of benzene rings is 6. The number of hydrogen-bond donors (Lipinski definition) is 0. The van der Waals surface area contributed by atoms with E-state index in [4.69, 9.17) is 4.42 Å². The van der Waals surface area contributed by atoms with Crippen molar-refractivity contribution < 1.29 is 4.42 Å². The van der Waals surface area contributed by atoms with Crippen LogP contribution in [0.3, 0.4) is 0 Å². The lowest BCUT2D eigenvalue weighted by Gasteiger charge is -2.40. The van der Waals surface area contributed by atoms with Gasteiger partial charge in [0, 0.05) is 55.2 Å². The summed E-state index contributed by atoms with van der Waals surface area (Å²) in [6.45, 7) is 0.0628. The van der Waals surface area contributed by atoms with E-state index in [2.05, 4.69) is 131 Å². The SMILES string of the molecule is c1ccc(N2c3ccccc3B3c4c(cccc42)-c2cccc4c5c6c(ccc5n3c24)oc2ccccc26)cc1. The first-order chi connectivity index (χ1) is 19.9. The Morgan fingerprint density at radius 2 is 1.27 bits per heavy atom. The zero-order valence-corrected chi connectivity index (χ0v) is 21.5. The van der Waals surface area contributed by atoms with Gasteiger partial charge in [0.05, 0.1) is 0 Å². The van der Waals surface area contributed by atoms with Crippen LogP contribution in [-0.4, -0.2) is 11.3 Å². The van der Waals surface area contributed by atoms with E-state index >= 15 is 0 Å². The van der Waals surface area contributed by atoms with Gasteiger partial charge in [0.15, 0.2) is 0 Å². The highest BCUT2D eigenvalue weighted by atomic mass is 16.3. The second-order valence-electron chi connectivity index (χ2n) is 10.9. The van der Waals surface area contributed by atoms with E-state index in [0.717, 1.165) is 11.2 Å². The van der Waals surface area contributed by atoms with Crippen molar-refractivity contribution in [1.82, 2.24) is 4.48 Å². The van der Waals surface area contributed by atoms with Crippen molar-refractivity contribution in [2.45, 2.75) is 0 Å². The average Bonchev–Trinajstić information content (AvgIpc) is 3.56. The van der Waals surface area contributed by atoms with Gasteiger partial charge in [0.25, 0.3) is 0 Å².